The van der Waals surface area contributed by atoms with Gasteiger partial charge in [-0.3, -0.25) is 0 Å². The highest BCUT2D eigenvalue weighted by molar-refractivity contribution is 5.32. The summed E-state index contributed by atoms with van der Waals surface area (Å²) in [5.74, 6) is 0.0641. The molecule has 1 atom stereocenters. The number of nitrogens with zero attached hydrogens (tertiary/aromatic N) is 2. The van der Waals surface area contributed by atoms with Crippen molar-refractivity contribution in [3.05, 3.63) is 53.2 Å². The van der Waals surface area contributed by atoms with Crippen molar-refractivity contribution < 1.29 is 9.13 Å². The molecule has 5 heteroatoms. The van der Waals surface area contributed by atoms with Crippen molar-refractivity contribution in [2.24, 2.45) is 5.73 Å². The highest BCUT2D eigenvalue weighted by atomic mass is 19.1. The van der Waals surface area contributed by atoms with E-state index in [2.05, 4.69) is 9.97 Å². The largest absolute Gasteiger partial charge is 0.481 e. The number of methoxy groups -OCH3 is 1. The lowest BCUT2D eigenvalue weighted by atomic mass is 10.0. The van der Waals surface area contributed by atoms with E-state index in [-0.39, 0.29) is 5.82 Å². The van der Waals surface area contributed by atoms with Gasteiger partial charge in [0.05, 0.1) is 18.8 Å². The topological polar surface area (TPSA) is 61.0 Å². The molecule has 0 bridgehead atoms. The molecule has 1 heterocycles. The SMILES string of the molecule is COc1cc(C(N)c2cc(C)ccc2F)ncn1. The maximum absolute atomic E-state index is 13.7. The number of rotatable bonds is 3. The number of ether oxygens (including phenoxy) is 1. The van der Waals surface area contributed by atoms with Crippen molar-refractivity contribution in [1.82, 2.24) is 9.97 Å². The second-order valence-corrected chi connectivity index (χ2v) is 3.99. The molecule has 1 aromatic heterocycles. The zero-order valence-electron chi connectivity index (χ0n) is 10.2. The Morgan fingerprint density at radius 2 is 2.06 bits per heavy atom. The summed E-state index contributed by atoms with van der Waals surface area (Å²) in [5.41, 5.74) is 7.90. The van der Waals surface area contributed by atoms with Crippen LogP contribution < -0.4 is 10.5 Å². The van der Waals surface area contributed by atoms with Gasteiger partial charge in [0, 0.05) is 11.6 Å². The molecule has 4 nitrogen and oxygen atoms in total. The molecule has 0 aliphatic heterocycles. The minimum atomic E-state index is -0.637. The number of hydrogen-bond acceptors (Lipinski definition) is 4. The third kappa shape index (κ3) is 2.46. The van der Waals surface area contributed by atoms with Crippen LogP contribution in [-0.4, -0.2) is 17.1 Å². The van der Waals surface area contributed by atoms with Crippen molar-refractivity contribution in [1.29, 1.82) is 0 Å². The van der Waals surface area contributed by atoms with E-state index in [1.807, 2.05) is 6.92 Å². The first-order valence-corrected chi connectivity index (χ1v) is 5.49. The molecule has 0 amide bonds. The van der Waals surface area contributed by atoms with Crippen LogP contribution in [0.4, 0.5) is 4.39 Å². The summed E-state index contributed by atoms with van der Waals surface area (Å²) in [6, 6.07) is 5.79. The van der Waals surface area contributed by atoms with E-state index in [0.717, 1.165) is 5.56 Å². The van der Waals surface area contributed by atoms with Gasteiger partial charge < -0.3 is 10.5 Å². The molecule has 0 fully saturated rings. The third-order valence-electron chi connectivity index (χ3n) is 2.68. The van der Waals surface area contributed by atoms with Crippen LogP contribution in [0.25, 0.3) is 0 Å². The maximum atomic E-state index is 13.7. The Kier molecular flexibility index (Phi) is 3.53. The maximum Gasteiger partial charge on any atom is 0.216 e. The molecule has 2 aromatic rings. The first kappa shape index (κ1) is 12.4. The summed E-state index contributed by atoms with van der Waals surface area (Å²) >= 11 is 0. The number of aryl methyl sites for hydroxylation is 1. The number of halogens is 1. The molecule has 0 radical (unpaired) electrons. The molecule has 0 aliphatic rings. The second-order valence-electron chi connectivity index (χ2n) is 3.99. The predicted molar refractivity (Wildman–Crippen MR) is 65.8 cm³/mol. The van der Waals surface area contributed by atoms with Crippen LogP contribution in [0.2, 0.25) is 0 Å². The number of benzene rings is 1. The van der Waals surface area contributed by atoms with Crippen LogP contribution in [0.3, 0.4) is 0 Å². The fourth-order valence-electron chi connectivity index (χ4n) is 1.70. The fraction of sp³-hybridized carbons (Fsp3) is 0.231. The normalized spacial score (nSPS) is 12.2. The van der Waals surface area contributed by atoms with Crippen molar-refractivity contribution in [3.8, 4) is 5.88 Å². The highest BCUT2D eigenvalue weighted by Crippen LogP contribution is 2.23. The van der Waals surface area contributed by atoms with Gasteiger partial charge >= 0.3 is 0 Å². The molecule has 18 heavy (non-hydrogen) atoms. The van der Waals surface area contributed by atoms with Gasteiger partial charge in [0.25, 0.3) is 0 Å². The molecule has 0 saturated carbocycles. The molecule has 2 rings (SSSR count). The minimum Gasteiger partial charge on any atom is -0.481 e. The van der Waals surface area contributed by atoms with Crippen LogP contribution in [0, 0.1) is 12.7 Å². The van der Waals surface area contributed by atoms with Gasteiger partial charge in [-0.05, 0) is 13.0 Å². The number of aromatic nitrogens is 2. The van der Waals surface area contributed by atoms with Gasteiger partial charge in [0.1, 0.15) is 12.1 Å². The first-order chi connectivity index (χ1) is 8.61. The molecular formula is C13H14FN3O. The molecule has 0 saturated heterocycles. The monoisotopic (exact) mass is 247 g/mol. The van der Waals surface area contributed by atoms with E-state index >= 15 is 0 Å². The average Bonchev–Trinajstić information content (AvgIpc) is 2.41. The van der Waals surface area contributed by atoms with Crippen LogP contribution in [-0.2, 0) is 0 Å². The van der Waals surface area contributed by atoms with E-state index in [1.165, 1.54) is 19.5 Å². The Morgan fingerprint density at radius 1 is 1.28 bits per heavy atom. The number of hydrogen-bond donors (Lipinski definition) is 1. The van der Waals surface area contributed by atoms with Gasteiger partial charge in [0.15, 0.2) is 0 Å². The molecule has 1 unspecified atom stereocenters. The summed E-state index contributed by atoms with van der Waals surface area (Å²) in [5, 5.41) is 0. The van der Waals surface area contributed by atoms with Crippen LogP contribution in [0.1, 0.15) is 22.9 Å². The second kappa shape index (κ2) is 5.10. The molecular weight excluding hydrogens is 233 g/mol. The van der Waals surface area contributed by atoms with E-state index < -0.39 is 6.04 Å². The standard InChI is InChI=1S/C13H14FN3O/c1-8-3-4-10(14)9(5-8)13(15)11-6-12(18-2)17-7-16-11/h3-7,13H,15H2,1-2H3. The Hall–Kier alpha value is -2.01. The Morgan fingerprint density at radius 3 is 2.78 bits per heavy atom. The third-order valence-corrected chi connectivity index (χ3v) is 2.68. The summed E-state index contributed by atoms with van der Waals surface area (Å²) in [6.45, 7) is 1.89. The Bertz CT molecular complexity index is 560. The van der Waals surface area contributed by atoms with Crippen molar-refractivity contribution in [2.75, 3.05) is 7.11 Å². The fourth-order valence-corrected chi connectivity index (χ4v) is 1.70. The lowest BCUT2D eigenvalue weighted by molar-refractivity contribution is 0.395. The first-order valence-electron chi connectivity index (χ1n) is 5.49. The van der Waals surface area contributed by atoms with Gasteiger partial charge in [-0.2, -0.15) is 0 Å². The summed E-state index contributed by atoms with van der Waals surface area (Å²) in [4.78, 5) is 7.94. The van der Waals surface area contributed by atoms with Gasteiger partial charge in [0.2, 0.25) is 5.88 Å². The van der Waals surface area contributed by atoms with E-state index in [1.54, 1.807) is 18.2 Å². The molecule has 1 aromatic carbocycles. The van der Waals surface area contributed by atoms with Crippen molar-refractivity contribution >= 4 is 0 Å². The molecule has 94 valence electrons. The van der Waals surface area contributed by atoms with Crippen LogP contribution >= 0.6 is 0 Å². The Labute approximate surface area is 105 Å². The smallest absolute Gasteiger partial charge is 0.216 e. The van der Waals surface area contributed by atoms with Crippen LogP contribution in [0.5, 0.6) is 5.88 Å². The minimum absolute atomic E-state index is 0.342. The van der Waals surface area contributed by atoms with Gasteiger partial charge in [-0.25, -0.2) is 14.4 Å². The molecule has 0 aliphatic carbocycles. The zero-order chi connectivity index (χ0) is 13.1. The zero-order valence-corrected chi connectivity index (χ0v) is 10.2. The van der Waals surface area contributed by atoms with E-state index in [4.69, 9.17) is 10.5 Å². The van der Waals surface area contributed by atoms with E-state index in [9.17, 15) is 4.39 Å². The summed E-state index contributed by atoms with van der Waals surface area (Å²) in [7, 11) is 1.50. The summed E-state index contributed by atoms with van der Waals surface area (Å²) in [6.07, 6.45) is 1.35. The Balaban J connectivity index is 2.40. The molecule has 0 spiro atoms. The lowest BCUT2D eigenvalue weighted by Gasteiger charge is -2.13. The van der Waals surface area contributed by atoms with E-state index in [0.29, 0.717) is 17.1 Å². The van der Waals surface area contributed by atoms with Crippen molar-refractivity contribution in [2.45, 2.75) is 13.0 Å². The summed E-state index contributed by atoms with van der Waals surface area (Å²) < 4.78 is 18.7. The highest BCUT2D eigenvalue weighted by Gasteiger charge is 2.15. The quantitative estimate of drug-likeness (QED) is 0.900. The average molecular weight is 247 g/mol. The van der Waals surface area contributed by atoms with Crippen molar-refractivity contribution in [3.63, 3.8) is 0 Å². The lowest BCUT2D eigenvalue weighted by Crippen LogP contribution is -2.15. The molecule has 2 N–H and O–H groups in total. The van der Waals surface area contributed by atoms with Crippen LogP contribution in [0.15, 0.2) is 30.6 Å². The predicted octanol–water partition coefficient (Wildman–Crippen LogP) is 1.98. The number of nitrogens with two attached hydrogens (primary N) is 1. The van der Waals surface area contributed by atoms with Gasteiger partial charge in [-0.15, -0.1) is 0 Å². The van der Waals surface area contributed by atoms with Gasteiger partial charge in [-0.1, -0.05) is 17.7 Å².